The monoisotopic (exact) mass is 436 g/mol. The Morgan fingerprint density at radius 1 is 1.18 bits per heavy atom. The summed E-state index contributed by atoms with van der Waals surface area (Å²) in [6, 6.07) is 10.9. The van der Waals surface area contributed by atoms with Crippen LogP contribution in [-0.2, 0) is 13.0 Å². The fourth-order valence-corrected chi connectivity index (χ4v) is 2.99. The molecule has 1 aromatic heterocycles. The summed E-state index contributed by atoms with van der Waals surface area (Å²) in [6.07, 6.45) is 2.41. The van der Waals surface area contributed by atoms with Crippen LogP contribution in [0.5, 0.6) is 11.5 Å². The van der Waals surface area contributed by atoms with E-state index in [0.29, 0.717) is 32.9 Å². The summed E-state index contributed by atoms with van der Waals surface area (Å²) in [5, 5.41) is 12.3. The summed E-state index contributed by atoms with van der Waals surface area (Å²) in [6.45, 7) is 2.32. The lowest BCUT2D eigenvalue weighted by molar-refractivity contribution is 0.284. The van der Waals surface area contributed by atoms with E-state index in [-0.39, 0.29) is 0 Å². The predicted octanol–water partition coefficient (Wildman–Crippen LogP) is 5.28. The molecule has 0 spiro atoms. The van der Waals surface area contributed by atoms with Gasteiger partial charge < -0.3 is 9.47 Å². The molecule has 0 saturated carbocycles. The van der Waals surface area contributed by atoms with Crippen molar-refractivity contribution in [1.29, 1.82) is 0 Å². The van der Waals surface area contributed by atoms with E-state index in [1.165, 1.54) is 0 Å². The number of ether oxygens (including phenoxy) is 2. The van der Waals surface area contributed by atoms with Gasteiger partial charge in [0.25, 0.3) is 0 Å². The summed E-state index contributed by atoms with van der Waals surface area (Å²) >= 11 is 17.2. The summed E-state index contributed by atoms with van der Waals surface area (Å²) in [7, 11) is 1.59. The number of aromatic amines is 1. The third kappa shape index (κ3) is 4.73. The van der Waals surface area contributed by atoms with E-state index in [1.54, 1.807) is 30.1 Å². The summed E-state index contributed by atoms with van der Waals surface area (Å²) in [5.41, 5.74) is 1.74. The Balaban J connectivity index is 1.76. The second-order valence-corrected chi connectivity index (χ2v) is 7.00. The van der Waals surface area contributed by atoms with Crippen LogP contribution in [0.25, 0.3) is 0 Å². The molecule has 0 saturated heterocycles. The van der Waals surface area contributed by atoms with Crippen molar-refractivity contribution in [2.24, 2.45) is 5.10 Å². The van der Waals surface area contributed by atoms with Gasteiger partial charge in [-0.05, 0) is 53.7 Å². The number of nitrogens with zero attached hydrogens (tertiary/aromatic N) is 3. The van der Waals surface area contributed by atoms with Gasteiger partial charge in [-0.2, -0.15) is 14.9 Å². The van der Waals surface area contributed by atoms with Crippen LogP contribution in [0.2, 0.25) is 10.0 Å². The van der Waals surface area contributed by atoms with Crippen LogP contribution in [-0.4, -0.2) is 28.2 Å². The van der Waals surface area contributed by atoms with Crippen molar-refractivity contribution in [2.45, 2.75) is 20.0 Å². The Bertz CT molecular complexity index is 1060. The van der Waals surface area contributed by atoms with Crippen LogP contribution in [0.15, 0.2) is 41.5 Å². The first kappa shape index (κ1) is 20.4. The summed E-state index contributed by atoms with van der Waals surface area (Å²) < 4.78 is 13.3. The van der Waals surface area contributed by atoms with Crippen LogP contribution < -0.4 is 9.47 Å². The molecule has 0 fully saturated rings. The molecule has 0 unspecified atom stereocenters. The lowest BCUT2D eigenvalue weighted by atomic mass is 10.2. The quantitative estimate of drug-likeness (QED) is 0.404. The number of H-pyrrole nitrogens is 1. The highest BCUT2D eigenvalue weighted by atomic mass is 35.5. The number of methoxy groups -OCH3 is 1. The molecule has 2 aromatic carbocycles. The molecule has 3 rings (SSSR count). The molecule has 1 N–H and O–H groups in total. The lowest BCUT2D eigenvalue weighted by Gasteiger charge is -2.11. The minimum absolute atomic E-state index is 0.338. The maximum absolute atomic E-state index is 6.04. The van der Waals surface area contributed by atoms with E-state index in [0.717, 1.165) is 23.4 Å². The molecule has 0 bridgehead atoms. The number of benzene rings is 2. The van der Waals surface area contributed by atoms with E-state index < -0.39 is 0 Å². The van der Waals surface area contributed by atoms with Gasteiger partial charge in [-0.15, -0.1) is 0 Å². The van der Waals surface area contributed by atoms with Gasteiger partial charge in [-0.3, -0.25) is 5.10 Å². The summed E-state index contributed by atoms with van der Waals surface area (Å²) in [4.78, 5) is 0. The van der Waals surface area contributed by atoms with Gasteiger partial charge in [-0.1, -0.05) is 36.2 Å². The van der Waals surface area contributed by atoms with Crippen LogP contribution in [0.3, 0.4) is 0 Å². The zero-order chi connectivity index (χ0) is 20.1. The maximum Gasteiger partial charge on any atom is 0.216 e. The Hall–Kier alpha value is -2.35. The SMILES string of the molecule is CCc1n[nH]c(=S)n1/N=C\c1ccc(OCc2ccc(Cl)c(Cl)c2)c(OC)c1. The molecule has 0 radical (unpaired) electrons. The molecular formula is C19H18Cl2N4O2S. The molecule has 0 atom stereocenters. The Kier molecular flexibility index (Phi) is 6.72. The fraction of sp³-hybridized carbons (Fsp3) is 0.211. The van der Waals surface area contributed by atoms with Gasteiger partial charge in [0.05, 0.1) is 23.4 Å². The number of aryl methyl sites for hydroxylation is 1. The van der Waals surface area contributed by atoms with Crippen molar-refractivity contribution >= 4 is 41.6 Å². The molecule has 28 heavy (non-hydrogen) atoms. The molecule has 3 aromatic rings. The van der Waals surface area contributed by atoms with Crippen LogP contribution in [0.1, 0.15) is 23.9 Å². The van der Waals surface area contributed by atoms with E-state index in [9.17, 15) is 0 Å². The number of hydrogen-bond acceptors (Lipinski definition) is 5. The molecular weight excluding hydrogens is 419 g/mol. The second kappa shape index (κ2) is 9.23. The van der Waals surface area contributed by atoms with E-state index in [2.05, 4.69) is 15.3 Å². The van der Waals surface area contributed by atoms with Crippen LogP contribution in [0.4, 0.5) is 0 Å². The highest BCUT2D eigenvalue weighted by Gasteiger charge is 2.07. The predicted molar refractivity (Wildman–Crippen MR) is 114 cm³/mol. The fourth-order valence-electron chi connectivity index (χ4n) is 2.47. The van der Waals surface area contributed by atoms with Crippen molar-refractivity contribution in [3.8, 4) is 11.5 Å². The average molecular weight is 437 g/mol. The largest absolute Gasteiger partial charge is 0.493 e. The number of aromatic nitrogens is 3. The van der Waals surface area contributed by atoms with Crippen molar-refractivity contribution in [3.63, 3.8) is 0 Å². The van der Waals surface area contributed by atoms with Crippen LogP contribution >= 0.6 is 35.4 Å². The van der Waals surface area contributed by atoms with Crippen molar-refractivity contribution in [1.82, 2.24) is 14.9 Å². The van der Waals surface area contributed by atoms with Crippen molar-refractivity contribution in [2.75, 3.05) is 7.11 Å². The van der Waals surface area contributed by atoms with Gasteiger partial charge in [0.15, 0.2) is 17.3 Å². The molecule has 0 aliphatic carbocycles. The number of hydrogen-bond donors (Lipinski definition) is 1. The molecule has 0 aliphatic rings. The number of nitrogens with one attached hydrogen (secondary N) is 1. The number of halogens is 2. The molecule has 1 heterocycles. The second-order valence-electron chi connectivity index (χ2n) is 5.80. The topological polar surface area (TPSA) is 64.4 Å². The Labute approximate surface area is 177 Å². The molecule has 146 valence electrons. The minimum Gasteiger partial charge on any atom is -0.493 e. The number of rotatable bonds is 7. The Morgan fingerprint density at radius 2 is 2.00 bits per heavy atom. The van der Waals surface area contributed by atoms with E-state index >= 15 is 0 Å². The van der Waals surface area contributed by atoms with Gasteiger partial charge >= 0.3 is 0 Å². The zero-order valence-electron chi connectivity index (χ0n) is 15.3. The van der Waals surface area contributed by atoms with Gasteiger partial charge in [0.1, 0.15) is 6.61 Å². The standard InChI is InChI=1S/C19H18Cl2N4O2S/c1-3-18-23-24-19(28)25(18)22-10-12-5-7-16(17(9-12)26-2)27-11-13-4-6-14(20)15(21)8-13/h4-10H,3,11H2,1-2H3,(H,24,28)/b22-10-. The summed E-state index contributed by atoms with van der Waals surface area (Å²) in [5.74, 6) is 1.96. The van der Waals surface area contributed by atoms with E-state index in [4.69, 9.17) is 44.9 Å². The van der Waals surface area contributed by atoms with Gasteiger partial charge in [-0.25, -0.2) is 0 Å². The molecule has 6 nitrogen and oxygen atoms in total. The molecule has 9 heteroatoms. The minimum atomic E-state index is 0.338. The normalized spacial score (nSPS) is 11.1. The molecule has 0 amide bonds. The van der Waals surface area contributed by atoms with Gasteiger partial charge in [0, 0.05) is 6.42 Å². The highest BCUT2D eigenvalue weighted by Crippen LogP contribution is 2.29. The van der Waals surface area contributed by atoms with Crippen LogP contribution in [0, 0.1) is 4.77 Å². The first-order valence-corrected chi connectivity index (χ1v) is 9.63. The van der Waals surface area contributed by atoms with Gasteiger partial charge in [0.2, 0.25) is 4.77 Å². The third-order valence-electron chi connectivity index (χ3n) is 3.92. The lowest BCUT2D eigenvalue weighted by Crippen LogP contribution is -2.00. The van der Waals surface area contributed by atoms with E-state index in [1.807, 2.05) is 31.2 Å². The smallest absolute Gasteiger partial charge is 0.216 e. The van der Waals surface area contributed by atoms with Crippen molar-refractivity contribution in [3.05, 3.63) is 68.2 Å². The van der Waals surface area contributed by atoms with Crippen molar-refractivity contribution < 1.29 is 9.47 Å². The first-order valence-electron chi connectivity index (χ1n) is 8.47. The molecule has 0 aliphatic heterocycles. The highest BCUT2D eigenvalue weighted by molar-refractivity contribution is 7.71. The zero-order valence-corrected chi connectivity index (χ0v) is 17.6. The third-order valence-corrected chi connectivity index (χ3v) is 4.93. The average Bonchev–Trinajstić information content (AvgIpc) is 3.07. The Morgan fingerprint density at radius 3 is 2.71 bits per heavy atom. The maximum atomic E-state index is 6.04. The first-order chi connectivity index (χ1) is 13.5.